The number of aliphatic hydroxyl groups is 4. The molecule has 0 aromatic carbocycles. The van der Waals surface area contributed by atoms with Crippen molar-refractivity contribution in [1.29, 1.82) is 0 Å². The lowest BCUT2D eigenvalue weighted by Crippen LogP contribution is -2.55. The minimum atomic E-state index is -1.28. The van der Waals surface area contributed by atoms with Crippen LogP contribution in [0.3, 0.4) is 0 Å². The van der Waals surface area contributed by atoms with E-state index in [-0.39, 0.29) is 6.61 Å². The van der Waals surface area contributed by atoms with E-state index in [0.29, 0.717) is 12.5 Å². The third-order valence-corrected chi connectivity index (χ3v) is 3.89. The first kappa shape index (κ1) is 17.9. The monoisotopic (exact) mass is 289 g/mol. The summed E-state index contributed by atoms with van der Waals surface area (Å²) in [6.45, 7) is 1.82. The lowest BCUT2D eigenvalue weighted by Gasteiger charge is -2.39. The summed E-state index contributed by atoms with van der Waals surface area (Å²) in [5.74, 6) is 0. The van der Waals surface area contributed by atoms with Crippen molar-refractivity contribution in [3.63, 3.8) is 0 Å². The molecule has 1 rings (SSSR count). The van der Waals surface area contributed by atoms with Gasteiger partial charge >= 0.3 is 0 Å². The van der Waals surface area contributed by atoms with Crippen molar-refractivity contribution in [2.45, 2.75) is 82.7 Å². The van der Waals surface area contributed by atoms with Crippen molar-refractivity contribution in [1.82, 2.24) is 0 Å². The zero-order chi connectivity index (χ0) is 15.0. The number of ether oxygens (including phenoxy) is 1. The van der Waals surface area contributed by atoms with Crippen LogP contribution in [0.25, 0.3) is 0 Å². The molecule has 4 atom stereocenters. The van der Waals surface area contributed by atoms with Crippen LogP contribution in [-0.2, 0) is 4.74 Å². The predicted octanol–water partition coefficient (Wildman–Crippen LogP) is 1.13. The second-order valence-corrected chi connectivity index (χ2v) is 5.60. The fourth-order valence-corrected chi connectivity index (χ4v) is 2.54. The van der Waals surface area contributed by atoms with Gasteiger partial charge in [-0.15, -0.1) is 0 Å². The summed E-state index contributed by atoms with van der Waals surface area (Å²) in [7, 11) is 0. The number of aliphatic hydroxyl groups excluding tert-OH is 4. The number of hydrogen-bond donors (Lipinski definition) is 4. The fraction of sp³-hybridized carbons (Fsp3) is 0.933. The number of hydrogen-bond acceptors (Lipinski definition) is 5. The topological polar surface area (TPSA) is 90.2 Å². The van der Waals surface area contributed by atoms with Crippen molar-refractivity contribution in [2.75, 3.05) is 6.61 Å². The maximum absolute atomic E-state index is 9.84. The van der Waals surface area contributed by atoms with Crippen molar-refractivity contribution in [3.05, 3.63) is 6.10 Å². The van der Waals surface area contributed by atoms with E-state index in [0.717, 1.165) is 19.3 Å². The minimum Gasteiger partial charge on any atom is -0.394 e. The quantitative estimate of drug-likeness (QED) is 0.478. The molecule has 119 valence electrons. The molecular weight excluding hydrogens is 260 g/mol. The molecule has 0 spiro atoms. The van der Waals surface area contributed by atoms with E-state index in [4.69, 9.17) is 9.84 Å². The molecule has 0 unspecified atom stereocenters. The molecule has 20 heavy (non-hydrogen) atoms. The lowest BCUT2D eigenvalue weighted by atomic mass is 9.92. The Labute approximate surface area is 121 Å². The van der Waals surface area contributed by atoms with E-state index >= 15 is 0 Å². The van der Waals surface area contributed by atoms with E-state index < -0.39 is 24.4 Å². The second kappa shape index (κ2) is 9.68. The molecule has 0 bridgehead atoms. The average molecular weight is 289 g/mol. The molecule has 1 aliphatic rings. The van der Waals surface area contributed by atoms with Crippen molar-refractivity contribution >= 4 is 0 Å². The molecule has 5 heteroatoms. The third-order valence-electron chi connectivity index (χ3n) is 3.89. The Balaban J connectivity index is 2.21. The Morgan fingerprint density at radius 1 is 0.900 bits per heavy atom. The Morgan fingerprint density at radius 3 is 2.10 bits per heavy atom. The maximum Gasteiger partial charge on any atom is 0.129 e. The van der Waals surface area contributed by atoms with Gasteiger partial charge < -0.3 is 25.2 Å². The van der Waals surface area contributed by atoms with Gasteiger partial charge in [-0.2, -0.15) is 0 Å². The summed E-state index contributed by atoms with van der Waals surface area (Å²) in [6, 6.07) is 0. The highest BCUT2D eigenvalue weighted by Gasteiger charge is 2.43. The lowest BCUT2D eigenvalue weighted by molar-refractivity contribution is -0.192. The highest BCUT2D eigenvalue weighted by molar-refractivity contribution is 5.01. The molecule has 1 fully saturated rings. The van der Waals surface area contributed by atoms with E-state index in [1.165, 1.54) is 25.7 Å². The van der Waals surface area contributed by atoms with Gasteiger partial charge in [-0.05, 0) is 6.42 Å². The largest absolute Gasteiger partial charge is 0.394 e. The second-order valence-electron chi connectivity index (χ2n) is 5.60. The van der Waals surface area contributed by atoms with Gasteiger partial charge in [0.2, 0.25) is 0 Å². The van der Waals surface area contributed by atoms with Crippen LogP contribution in [0.15, 0.2) is 0 Å². The summed E-state index contributed by atoms with van der Waals surface area (Å²) in [5.41, 5.74) is 0. The Kier molecular flexibility index (Phi) is 8.64. The van der Waals surface area contributed by atoms with E-state index in [1.54, 1.807) is 0 Å². The Bertz CT molecular complexity index is 246. The van der Waals surface area contributed by atoms with Crippen LogP contribution >= 0.6 is 0 Å². The van der Waals surface area contributed by atoms with Gasteiger partial charge in [0.25, 0.3) is 0 Å². The van der Waals surface area contributed by atoms with Gasteiger partial charge in [-0.25, -0.2) is 0 Å². The first-order chi connectivity index (χ1) is 9.61. The molecule has 0 aliphatic carbocycles. The molecule has 1 heterocycles. The van der Waals surface area contributed by atoms with E-state index in [1.807, 2.05) is 0 Å². The van der Waals surface area contributed by atoms with Gasteiger partial charge in [-0.3, -0.25) is 0 Å². The highest BCUT2D eigenvalue weighted by Crippen LogP contribution is 2.30. The Morgan fingerprint density at radius 2 is 1.50 bits per heavy atom. The van der Waals surface area contributed by atoms with E-state index in [2.05, 4.69) is 6.92 Å². The molecule has 0 saturated carbocycles. The molecular formula is C15H29O5. The highest BCUT2D eigenvalue weighted by atomic mass is 16.5. The van der Waals surface area contributed by atoms with Gasteiger partial charge in [0.1, 0.15) is 30.5 Å². The number of unbranched alkanes of at least 4 members (excludes halogenated alkanes) is 6. The summed E-state index contributed by atoms with van der Waals surface area (Å²) < 4.78 is 5.38. The van der Waals surface area contributed by atoms with Crippen molar-refractivity contribution in [2.24, 2.45) is 0 Å². The predicted molar refractivity (Wildman–Crippen MR) is 75.8 cm³/mol. The van der Waals surface area contributed by atoms with Gasteiger partial charge in [-0.1, -0.05) is 51.9 Å². The van der Waals surface area contributed by atoms with Crippen molar-refractivity contribution in [3.8, 4) is 0 Å². The van der Waals surface area contributed by atoms with Crippen LogP contribution in [0.2, 0.25) is 0 Å². The third kappa shape index (κ3) is 5.30. The van der Waals surface area contributed by atoms with Crippen LogP contribution in [0.5, 0.6) is 0 Å². The van der Waals surface area contributed by atoms with E-state index in [9.17, 15) is 15.3 Å². The number of rotatable bonds is 9. The van der Waals surface area contributed by atoms with Gasteiger partial charge in [0.05, 0.1) is 6.61 Å². The summed E-state index contributed by atoms with van der Waals surface area (Å²) in [4.78, 5) is 0. The molecule has 0 aromatic heterocycles. The zero-order valence-electron chi connectivity index (χ0n) is 12.4. The molecule has 0 aromatic rings. The molecule has 1 saturated heterocycles. The summed E-state index contributed by atoms with van der Waals surface area (Å²) in [6.07, 6.45) is 4.56. The average Bonchev–Trinajstić information content (AvgIpc) is 2.46. The maximum atomic E-state index is 9.84. The van der Waals surface area contributed by atoms with Gasteiger partial charge in [0.15, 0.2) is 0 Å². The molecule has 4 N–H and O–H groups in total. The first-order valence-corrected chi connectivity index (χ1v) is 7.79. The molecule has 1 aliphatic heterocycles. The van der Waals surface area contributed by atoms with Crippen LogP contribution in [0.1, 0.15) is 58.3 Å². The smallest absolute Gasteiger partial charge is 0.129 e. The van der Waals surface area contributed by atoms with Crippen LogP contribution < -0.4 is 0 Å². The van der Waals surface area contributed by atoms with Crippen molar-refractivity contribution < 1.29 is 25.2 Å². The Hall–Kier alpha value is -0.200. The zero-order valence-corrected chi connectivity index (χ0v) is 12.4. The first-order valence-electron chi connectivity index (χ1n) is 7.79. The molecule has 0 amide bonds. The van der Waals surface area contributed by atoms with Crippen LogP contribution in [-0.4, -0.2) is 51.4 Å². The normalized spacial score (nSPS) is 31.6. The summed E-state index contributed by atoms with van der Waals surface area (Å²) >= 11 is 0. The van der Waals surface area contributed by atoms with Gasteiger partial charge in [0, 0.05) is 0 Å². The molecule has 1 radical (unpaired) electrons. The van der Waals surface area contributed by atoms with Crippen LogP contribution in [0.4, 0.5) is 0 Å². The van der Waals surface area contributed by atoms with Crippen LogP contribution in [0, 0.1) is 6.10 Å². The molecule has 5 nitrogen and oxygen atoms in total. The fourth-order valence-electron chi connectivity index (χ4n) is 2.54. The SMILES string of the molecule is CCCCCCCCC[C]1O[C@H](CO)[C@@H](O)[C@H](O)[C@H]1O. The summed E-state index contributed by atoms with van der Waals surface area (Å²) in [5, 5.41) is 38.2. The standard InChI is InChI=1S/C15H29O5/c1-2-3-4-5-6-7-8-9-11-13(17)15(19)14(18)12(10-16)20-11/h12-19H,2-10H2,1H3/t12-,13+,14-,15-/m1/s1. The minimum absolute atomic E-state index is 0.370.